The normalized spacial score (nSPS) is 10.8. The Balaban J connectivity index is 0.00000280. The lowest BCUT2D eigenvalue weighted by atomic mass is 10.2. The molecular formula is C21H25IN4O2. The first-order chi connectivity index (χ1) is 13.3. The summed E-state index contributed by atoms with van der Waals surface area (Å²) in [6, 6.07) is 17.8. The fraction of sp³-hybridized carbons (Fsp3) is 0.238. The molecule has 28 heavy (non-hydrogen) atoms. The molecule has 148 valence electrons. The van der Waals surface area contributed by atoms with Crippen molar-refractivity contribution in [2.75, 3.05) is 13.6 Å². The van der Waals surface area contributed by atoms with Crippen molar-refractivity contribution in [3.05, 3.63) is 83.9 Å². The fourth-order valence-electron chi connectivity index (χ4n) is 2.57. The first kappa shape index (κ1) is 21.7. The first-order valence-electron chi connectivity index (χ1n) is 8.92. The monoisotopic (exact) mass is 492 g/mol. The van der Waals surface area contributed by atoms with Crippen molar-refractivity contribution in [1.82, 2.24) is 15.6 Å². The van der Waals surface area contributed by atoms with E-state index in [2.05, 4.69) is 20.6 Å². The van der Waals surface area contributed by atoms with Crippen LogP contribution in [-0.4, -0.2) is 24.5 Å². The van der Waals surface area contributed by atoms with Gasteiger partial charge in [0.1, 0.15) is 12.4 Å². The number of nitrogens with zero attached hydrogens (tertiary/aromatic N) is 2. The summed E-state index contributed by atoms with van der Waals surface area (Å²) in [6.07, 6.45) is 4.22. The van der Waals surface area contributed by atoms with Crippen LogP contribution in [0.1, 0.15) is 16.9 Å². The Morgan fingerprint density at radius 3 is 2.68 bits per heavy atom. The van der Waals surface area contributed by atoms with Crippen molar-refractivity contribution in [3.63, 3.8) is 0 Å². The molecule has 0 atom stereocenters. The van der Waals surface area contributed by atoms with Crippen LogP contribution in [0.3, 0.4) is 0 Å². The third kappa shape index (κ3) is 6.88. The molecule has 0 aliphatic carbocycles. The molecule has 0 saturated carbocycles. The number of aromatic nitrogens is 1. The molecule has 0 radical (unpaired) electrons. The fourth-order valence-corrected chi connectivity index (χ4v) is 2.57. The zero-order chi connectivity index (χ0) is 18.7. The third-order valence-corrected chi connectivity index (χ3v) is 3.98. The number of nitrogens with one attached hydrogen (secondary N) is 2. The first-order valence-corrected chi connectivity index (χ1v) is 8.92. The van der Waals surface area contributed by atoms with Crippen LogP contribution in [0.2, 0.25) is 0 Å². The predicted molar refractivity (Wildman–Crippen MR) is 121 cm³/mol. The minimum atomic E-state index is 0. The molecule has 0 bridgehead atoms. The molecule has 0 aliphatic rings. The molecule has 0 spiro atoms. The van der Waals surface area contributed by atoms with Gasteiger partial charge in [-0.05, 0) is 23.8 Å². The molecular weight excluding hydrogens is 467 g/mol. The number of rotatable bonds is 8. The molecule has 3 rings (SSSR count). The number of guanidine groups is 1. The van der Waals surface area contributed by atoms with Crippen molar-refractivity contribution in [2.24, 2.45) is 4.99 Å². The van der Waals surface area contributed by atoms with E-state index in [1.165, 1.54) is 0 Å². The quantitative estimate of drug-likeness (QED) is 0.285. The third-order valence-electron chi connectivity index (χ3n) is 3.98. The molecule has 6 nitrogen and oxygen atoms in total. The van der Waals surface area contributed by atoms with Crippen LogP contribution in [0.25, 0.3) is 0 Å². The Morgan fingerprint density at radius 1 is 1.07 bits per heavy atom. The van der Waals surface area contributed by atoms with Gasteiger partial charge >= 0.3 is 0 Å². The van der Waals surface area contributed by atoms with E-state index in [-0.39, 0.29) is 24.0 Å². The van der Waals surface area contributed by atoms with Crippen molar-refractivity contribution in [3.8, 4) is 5.88 Å². The average molecular weight is 492 g/mol. The van der Waals surface area contributed by atoms with Gasteiger partial charge in [-0.25, -0.2) is 4.98 Å². The Bertz CT molecular complexity index is 839. The summed E-state index contributed by atoms with van der Waals surface area (Å²) in [5, 5.41) is 6.57. The molecule has 2 aromatic heterocycles. The maximum Gasteiger partial charge on any atom is 0.218 e. The highest BCUT2D eigenvalue weighted by Crippen LogP contribution is 2.15. The van der Waals surface area contributed by atoms with Gasteiger partial charge in [-0.1, -0.05) is 36.4 Å². The molecule has 2 heterocycles. The number of hydrogen-bond donors (Lipinski definition) is 2. The molecule has 2 N–H and O–H groups in total. The van der Waals surface area contributed by atoms with E-state index in [0.29, 0.717) is 19.0 Å². The maximum absolute atomic E-state index is 5.90. The summed E-state index contributed by atoms with van der Waals surface area (Å²) in [6.45, 7) is 1.79. The number of hydrogen-bond acceptors (Lipinski definition) is 4. The smallest absolute Gasteiger partial charge is 0.218 e. The van der Waals surface area contributed by atoms with Crippen molar-refractivity contribution in [1.29, 1.82) is 0 Å². The Hall–Kier alpha value is -2.55. The number of ether oxygens (including phenoxy) is 1. The van der Waals surface area contributed by atoms with Gasteiger partial charge < -0.3 is 19.8 Å². The van der Waals surface area contributed by atoms with E-state index in [1.807, 2.05) is 54.6 Å². The summed E-state index contributed by atoms with van der Waals surface area (Å²) < 4.78 is 11.2. The van der Waals surface area contributed by atoms with Gasteiger partial charge in [-0.15, -0.1) is 24.0 Å². The molecule has 1 aromatic carbocycles. The van der Waals surface area contributed by atoms with E-state index < -0.39 is 0 Å². The largest absolute Gasteiger partial charge is 0.473 e. The second-order valence-corrected chi connectivity index (χ2v) is 5.92. The lowest BCUT2D eigenvalue weighted by molar-refractivity contribution is 0.290. The summed E-state index contributed by atoms with van der Waals surface area (Å²) >= 11 is 0. The molecule has 0 aliphatic heterocycles. The molecule has 0 amide bonds. The van der Waals surface area contributed by atoms with Gasteiger partial charge in [-0.2, -0.15) is 0 Å². The van der Waals surface area contributed by atoms with Crippen molar-refractivity contribution < 1.29 is 9.15 Å². The van der Waals surface area contributed by atoms with Crippen LogP contribution < -0.4 is 15.4 Å². The maximum atomic E-state index is 5.90. The molecule has 0 unspecified atom stereocenters. The molecule has 0 fully saturated rings. The van der Waals surface area contributed by atoms with Crippen LogP contribution in [-0.2, 0) is 19.6 Å². The summed E-state index contributed by atoms with van der Waals surface area (Å²) in [7, 11) is 1.75. The standard InChI is InChI=1S/C21H24N4O2.HI/c1-22-21(24-13-11-19-10-6-14-26-19)25-15-18-9-5-12-23-20(18)27-16-17-7-3-2-4-8-17;/h2-10,12,14H,11,13,15-16H2,1H3,(H2,22,24,25);1H. The minimum Gasteiger partial charge on any atom is -0.473 e. The Labute approximate surface area is 182 Å². The van der Waals surface area contributed by atoms with Crippen LogP contribution in [0, 0.1) is 0 Å². The highest BCUT2D eigenvalue weighted by atomic mass is 127. The van der Waals surface area contributed by atoms with Crippen LogP contribution >= 0.6 is 24.0 Å². The van der Waals surface area contributed by atoms with E-state index in [4.69, 9.17) is 9.15 Å². The molecule has 0 saturated heterocycles. The van der Waals surface area contributed by atoms with E-state index in [0.717, 1.165) is 35.8 Å². The number of pyridine rings is 1. The highest BCUT2D eigenvalue weighted by Gasteiger charge is 2.07. The van der Waals surface area contributed by atoms with E-state index in [9.17, 15) is 0 Å². The van der Waals surface area contributed by atoms with Crippen LogP contribution in [0.5, 0.6) is 5.88 Å². The Kier molecular flexibility index (Phi) is 9.33. The lowest BCUT2D eigenvalue weighted by Gasteiger charge is -2.14. The highest BCUT2D eigenvalue weighted by molar-refractivity contribution is 14.0. The number of aliphatic imine (C=N–C) groups is 1. The number of halogens is 1. The molecule has 7 heteroatoms. The Morgan fingerprint density at radius 2 is 1.93 bits per heavy atom. The molecule has 3 aromatic rings. The van der Waals surface area contributed by atoms with Gasteiger partial charge in [0.2, 0.25) is 5.88 Å². The second kappa shape index (κ2) is 12.0. The zero-order valence-corrected chi connectivity index (χ0v) is 18.1. The van der Waals surface area contributed by atoms with Crippen molar-refractivity contribution >= 4 is 29.9 Å². The van der Waals surface area contributed by atoms with Gasteiger partial charge in [0.25, 0.3) is 0 Å². The van der Waals surface area contributed by atoms with Gasteiger partial charge in [-0.3, -0.25) is 4.99 Å². The van der Waals surface area contributed by atoms with E-state index >= 15 is 0 Å². The van der Waals surface area contributed by atoms with Gasteiger partial charge in [0, 0.05) is 38.3 Å². The predicted octanol–water partition coefficient (Wildman–Crippen LogP) is 3.78. The zero-order valence-electron chi connectivity index (χ0n) is 15.8. The van der Waals surface area contributed by atoms with Gasteiger partial charge in [0.05, 0.1) is 6.26 Å². The van der Waals surface area contributed by atoms with Gasteiger partial charge in [0.15, 0.2) is 5.96 Å². The van der Waals surface area contributed by atoms with Crippen molar-refractivity contribution in [2.45, 2.75) is 19.6 Å². The summed E-state index contributed by atoms with van der Waals surface area (Å²) in [4.78, 5) is 8.61. The summed E-state index contributed by atoms with van der Waals surface area (Å²) in [5.41, 5.74) is 2.08. The average Bonchev–Trinajstić information content (AvgIpc) is 3.24. The lowest BCUT2D eigenvalue weighted by Crippen LogP contribution is -2.37. The number of benzene rings is 1. The topological polar surface area (TPSA) is 71.7 Å². The number of furan rings is 1. The SMILES string of the molecule is CN=C(NCCc1ccco1)NCc1cccnc1OCc1ccccc1.I. The second-order valence-electron chi connectivity index (χ2n) is 5.92. The van der Waals surface area contributed by atoms with E-state index in [1.54, 1.807) is 19.5 Å². The van der Waals surface area contributed by atoms with Crippen LogP contribution in [0.4, 0.5) is 0 Å². The minimum absolute atomic E-state index is 0. The summed E-state index contributed by atoms with van der Waals surface area (Å²) in [5.74, 6) is 2.29. The van der Waals surface area contributed by atoms with Crippen LogP contribution in [0.15, 0.2) is 76.5 Å².